The van der Waals surface area contributed by atoms with Crippen molar-refractivity contribution in [2.75, 3.05) is 88.2 Å². The van der Waals surface area contributed by atoms with Gasteiger partial charge in [0.25, 0.3) is 0 Å². The van der Waals surface area contributed by atoms with Gasteiger partial charge in [-0.2, -0.15) is 0 Å². The highest BCUT2D eigenvalue weighted by atomic mass is 35.5. The Morgan fingerprint density at radius 3 is 1.70 bits per heavy atom. The number of aliphatic hydroxyl groups excluding tert-OH is 1. The molecule has 26 heteroatoms. The average molecular weight is 1540 g/mol. The predicted molar refractivity (Wildman–Crippen MR) is 413 cm³/mol. The molecule has 7 aliphatic rings. The van der Waals surface area contributed by atoms with Crippen molar-refractivity contribution in [1.82, 2.24) is 29.8 Å². The van der Waals surface area contributed by atoms with Gasteiger partial charge in [0.05, 0.1) is 17.4 Å². The van der Waals surface area contributed by atoms with Crippen LogP contribution in [0.5, 0.6) is 0 Å². The normalized spacial score (nSPS) is 27.0. The van der Waals surface area contributed by atoms with Crippen molar-refractivity contribution in [3.63, 3.8) is 0 Å². The third-order valence-corrected chi connectivity index (χ3v) is 23.8. The van der Waals surface area contributed by atoms with Crippen LogP contribution in [0.3, 0.4) is 0 Å². The Morgan fingerprint density at radius 2 is 1.19 bits per heavy atom. The van der Waals surface area contributed by atoms with Gasteiger partial charge in [-0.1, -0.05) is 132 Å². The van der Waals surface area contributed by atoms with E-state index in [9.17, 15) is 48.6 Å². The summed E-state index contributed by atoms with van der Waals surface area (Å²) in [7, 11) is 11.9. The van der Waals surface area contributed by atoms with E-state index in [1.54, 1.807) is 98.9 Å². The molecule has 24 nitrogen and oxygen atoms in total. The number of halogens is 1. The summed E-state index contributed by atoms with van der Waals surface area (Å²) in [6, 6.07) is 25.7. The zero-order valence-electron chi connectivity index (χ0n) is 65.1. The average Bonchev–Trinajstić information content (AvgIpc) is 0.894. The van der Waals surface area contributed by atoms with Crippen LogP contribution in [0.25, 0.3) is 11.1 Å². The van der Waals surface area contributed by atoms with Crippen LogP contribution in [0, 0.1) is 28.6 Å². The van der Waals surface area contributed by atoms with Crippen molar-refractivity contribution in [3.05, 3.63) is 131 Å². The number of fused-ring (bicyclic) bond motifs is 8. The molecule has 3 fully saturated rings. The molecule has 0 spiro atoms. The summed E-state index contributed by atoms with van der Waals surface area (Å²) in [6.07, 6.45) is 10.9. The van der Waals surface area contributed by atoms with Crippen molar-refractivity contribution >= 4 is 74.0 Å². The maximum Gasteiger partial charge on any atom is 0.410 e. The lowest BCUT2D eigenvalue weighted by atomic mass is 9.40. The van der Waals surface area contributed by atoms with E-state index in [-0.39, 0.29) is 62.2 Å². The molecule has 3 saturated carbocycles. The lowest BCUT2D eigenvalue weighted by Crippen LogP contribution is -2.78. The van der Waals surface area contributed by atoms with Gasteiger partial charge in [-0.3, -0.25) is 14.4 Å². The lowest BCUT2D eigenvalue weighted by molar-refractivity contribution is -0.294. The highest BCUT2D eigenvalue weighted by Gasteiger charge is 2.76. The van der Waals surface area contributed by atoms with Crippen molar-refractivity contribution in [3.8, 4) is 11.1 Å². The number of hydrogen-bond donors (Lipinski definition) is 3. The fraction of sp³-hybridized carbons (Fsp3) is 0.598. The van der Waals surface area contributed by atoms with Crippen LogP contribution in [0.1, 0.15) is 167 Å². The lowest BCUT2D eigenvalue weighted by Gasteiger charge is -2.68. The largest absolute Gasteiger partial charge is 0.458 e. The van der Waals surface area contributed by atoms with E-state index in [4.69, 9.17) is 44.8 Å². The Balaban J connectivity index is 0.000000275. The summed E-state index contributed by atoms with van der Waals surface area (Å²) in [4.78, 5) is 125. The van der Waals surface area contributed by atoms with E-state index < -0.39 is 105 Å². The molecule has 3 aromatic rings. The zero-order valence-corrected chi connectivity index (χ0v) is 67.0. The van der Waals surface area contributed by atoms with E-state index >= 15 is 4.79 Å². The summed E-state index contributed by atoms with van der Waals surface area (Å²) in [5.74, 6) is -5.07. The smallest absolute Gasteiger partial charge is 0.410 e. The van der Waals surface area contributed by atoms with Gasteiger partial charge in [-0.05, 0) is 163 Å². The maximum atomic E-state index is 15.2. The second-order valence-corrected chi connectivity index (χ2v) is 31.6. The Hall–Kier alpha value is -7.89. The highest BCUT2D eigenvalue weighted by molar-refractivity contribution is 7.39. The predicted octanol–water partition coefficient (Wildman–Crippen LogP) is 13.6. The van der Waals surface area contributed by atoms with Crippen molar-refractivity contribution in [2.45, 2.75) is 198 Å². The van der Waals surface area contributed by atoms with Crippen LogP contribution in [-0.4, -0.2) is 224 Å². The van der Waals surface area contributed by atoms with Gasteiger partial charge in [-0.25, -0.2) is 28.8 Å². The molecule has 3 N–H and O–H groups in total. The first kappa shape index (κ1) is 85.7. The monoisotopic (exact) mass is 1540 g/mol. The van der Waals surface area contributed by atoms with E-state index in [0.29, 0.717) is 55.8 Å². The van der Waals surface area contributed by atoms with Crippen LogP contribution in [-0.2, 0) is 47.5 Å². The van der Waals surface area contributed by atoms with Gasteiger partial charge in [0.15, 0.2) is 0 Å². The second kappa shape index (κ2) is 38.2. The number of nitrogens with zero attached hydrogens (tertiary/aromatic N) is 5. The molecule has 2 bridgehead atoms. The number of hydrogen-bond acceptors (Lipinski definition) is 19. The Labute approximate surface area is 644 Å². The van der Waals surface area contributed by atoms with Gasteiger partial charge in [0, 0.05) is 117 Å². The topological polar surface area (TPSA) is 287 Å². The summed E-state index contributed by atoms with van der Waals surface area (Å²) < 4.78 is 41.4. The van der Waals surface area contributed by atoms with Crippen molar-refractivity contribution in [2.24, 2.45) is 28.6 Å². The molecule has 592 valence electrons. The summed E-state index contributed by atoms with van der Waals surface area (Å²) >= 11 is 5.32. The van der Waals surface area contributed by atoms with E-state index in [2.05, 4.69) is 47.8 Å². The number of carbonyl (C=O) groups excluding carboxylic acids is 9. The number of nitrogens with one attached hydrogen (secondary N) is 1. The van der Waals surface area contributed by atoms with Gasteiger partial charge in [-0.15, -0.1) is 0 Å². The minimum Gasteiger partial charge on any atom is -0.458 e. The van der Waals surface area contributed by atoms with Crippen molar-refractivity contribution in [1.29, 1.82) is 0 Å². The molecule has 5 amide bonds. The molecule has 108 heavy (non-hydrogen) atoms. The number of ketones is 1. The number of rotatable bonds is 20. The SMILES string of the molecule is CC(=O)O[C@@]12CC[C@@H]1C[C@H](O)[C@@]1(C)C(=O)[C@H](C)C3=C(C)[C@@H](OC(=O)[C@H](OC(=O)N(C)CCN(C)C(=O)OC4/C=C/CCCCC4)[C@@H](C)c4ccccc4)C[C@@](O)([C@@H](OC(=O)P)C12)C3(C)C.CN(CCN(C)C(=O)OC1/C=C/CCCCC1)C(=O)Cl.CNCCN(C)C(=O)OCC1c2ccccc2-c2ccccc21. The number of ether oxygens (including phenoxy) is 7. The fourth-order valence-electron chi connectivity index (χ4n) is 16.8. The minimum atomic E-state index is -2.08. The molecular formula is C82H114ClN6O18P. The van der Waals surface area contributed by atoms with Gasteiger partial charge in [0.2, 0.25) is 6.10 Å². The van der Waals surface area contributed by atoms with Crippen LogP contribution in [0.4, 0.5) is 28.8 Å². The van der Waals surface area contributed by atoms with Gasteiger partial charge in [0.1, 0.15) is 48.0 Å². The Bertz CT molecular complexity index is 3720. The molecular weight excluding hydrogens is 1420 g/mol. The molecule has 0 aromatic heterocycles. The fourth-order valence-corrected chi connectivity index (χ4v) is 17.0. The molecule has 10 rings (SSSR count). The number of esters is 2. The molecule has 0 heterocycles. The van der Waals surface area contributed by atoms with Gasteiger partial charge < -0.3 is 73.2 Å². The minimum absolute atomic E-state index is 0.0502. The standard InChI is InChI=1S/C49H69N2O13P.C19H22N2O2.C14H23ClN2O3/c1-28(32-18-14-13-15-19-32)38(62-44(57)51(9)25-24-50(8)43(56)60-34-20-16-11-10-12-17-21-34)42(55)61-35-27-49(59)41(63-45(58)65)39-47(7,40(54)30(3)37(29(35)2)46(49,5)6)36(53)26-33-22-23-48(33,39)64-31(4)52;1-20-11-12-21(2)19(22)23-13-18-16-9-5-3-7-14(16)15-8-4-6-10-17(15)18;1-16(13(15)18)10-11-17(2)14(19)20-12-8-6-4-3-5-7-9-12/h13-16,18-20,28,30,33-36,38-39,41,53,59H,10-12,17,21-27,65H2,1-9H3;3-10,18,20H,11-13H2,1-2H3;6,8,12H,3-5,7,9-11H2,1-2H3/b20-16+;;8-6+/t28-,30+,33+,34?,35-,36-,38+,39?,41-,47+,48-,49+;;/m0../s1. The summed E-state index contributed by atoms with van der Waals surface area (Å²) in [5.41, 5.74) is -0.686. The van der Waals surface area contributed by atoms with Crippen LogP contribution < -0.4 is 5.32 Å². The number of Topliss-reactive ketones (excluding diaryl/α,β-unsaturated/α-hetero) is 1. The molecule has 14 atom stereocenters. The molecule has 4 unspecified atom stereocenters. The number of aliphatic hydroxyl groups is 2. The van der Waals surface area contributed by atoms with E-state index in [0.717, 1.165) is 57.9 Å². The molecule has 0 saturated heterocycles. The molecule has 3 aromatic carbocycles. The second-order valence-electron chi connectivity index (χ2n) is 30.8. The molecule has 0 radical (unpaired) electrons. The quantitative estimate of drug-likeness (QED) is 0.0237. The number of amides is 5. The molecule has 0 aliphatic heterocycles. The van der Waals surface area contributed by atoms with Crippen molar-refractivity contribution < 1.29 is 86.5 Å². The third-order valence-electron chi connectivity index (χ3n) is 23.4. The number of likely N-dealkylation sites (N-methyl/N-ethyl adjacent to an activating group) is 6. The number of carbonyl (C=O) groups is 9. The number of benzene rings is 3. The summed E-state index contributed by atoms with van der Waals surface area (Å²) in [6.45, 7) is 14.2. The van der Waals surface area contributed by atoms with Crippen LogP contribution >= 0.6 is 20.8 Å². The van der Waals surface area contributed by atoms with Crippen LogP contribution in [0.2, 0.25) is 0 Å². The first-order valence-electron chi connectivity index (χ1n) is 38.0. The first-order valence-corrected chi connectivity index (χ1v) is 39.0. The van der Waals surface area contributed by atoms with Crippen LogP contribution in [0.15, 0.2) is 114 Å². The summed E-state index contributed by atoms with van der Waals surface area (Å²) in [5, 5.41) is 27.9. The zero-order chi connectivity index (χ0) is 79.0. The number of allylic oxidation sites excluding steroid dienone is 2. The van der Waals surface area contributed by atoms with E-state index in [1.165, 1.54) is 68.7 Å². The third kappa shape index (κ3) is 19.8. The first-order chi connectivity index (χ1) is 51.2. The van der Waals surface area contributed by atoms with E-state index in [1.807, 2.05) is 52.7 Å². The molecule has 7 aliphatic carbocycles. The maximum absolute atomic E-state index is 15.2. The Kier molecular flexibility index (Phi) is 30.3. The Morgan fingerprint density at radius 1 is 0.676 bits per heavy atom. The highest BCUT2D eigenvalue weighted by Crippen LogP contribution is 2.68. The van der Waals surface area contributed by atoms with Gasteiger partial charge >= 0.3 is 47.4 Å².